The summed E-state index contributed by atoms with van der Waals surface area (Å²) in [5.74, 6) is 0.687. The van der Waals surface area contributed by atoms with Gasteiger partial charge in [0.2, 0.25) is 0 Å². The average Bonchev–Trinajstić information content (AvgIpc) is 3.51. The van der Waals surface area contributed by atoms with Crippen LogP contribution in [0, 0.1) is 0 Å². The van der Waals surface area contributed by atoms with Crippen molar-refractivity contribution in [3.05, 3.63) is 58.0 Å². The minimum absolute atomic E-state index is 0.0569. The van der Waals surface area contributed by atoms with Gasteiger partial charge in [0.15, 0.2) is 0 Å². The molecule has 4 rings (SSSR count). The van der Waals surface area contributed by atoms with Gasteiger partial charge in [-0.25, -0.2) is 10.2 Å². The van der Waals surface area contributed by atoms with Crippen molar-refractivity contribution in [3.8, 4) is 11.5 Å². The van der Waals surface area contributed by atoms with Crippen molar-refractivity contribution in [2.24, 2.45) is 20.5 Å². The van der Waals surface area contributed by atoms with Gasteiger partial charge in [-0.05, 0) is 36.4 Å². The molecule has 162 valence electrons. The molecule has 2 heterocycles. The van der Waals surface area contributed by atoms with Gasteiger partial charge in [-0.3, -0.25) is 0 Å². The molecule has 4 N–H and O–H groups in total. The Kier molecular flexibility index (Phi) is 10.8. The van der Waals surface area contributed by atoms with E-state index >= 15 is 0 Å². The number of benzene rings is 2. The molecule has 2 aromatic carbocycles. The molecule has 0 atom stereocenters. The van der Waals surface area contributed by atoms with Crippen LogP contribution < -0.4 is 0 Å². The number of aromatic amines is 2. The zero-order chi connectivity index (χ0) is 23.3. The number of phenols is 2. The molecule has 32 heavy (non-hydrogen) atoms. The number of hydrogen-bond donors (Lipinski definition) is 4. The normalized spacial score (nSPS) is 10.4. The molecular formula is C16H12Br2N10O3Zr. The fourth-order valence-corrected chi connectivity index (χ4v) is 2.55. The second-order valence-electron chi connectivity index (χ2n) is 5.28. The molecule has 0 aliphatic heterocycles. The molecule has 13 nitrogen and oxygen atoms in total. The summed E-state index contributed by atoms with van der Waals surface area (Å²) in [4.78, 5) is 7.53. The van der Waals surface area contributed by atoms with Crippen molar-refractivity contribution in [1.29, 1.82) is 0 Å². The van der Waals surface area contributed by atoms with Gasteiger partial charge in [-0.15, -0.1) is 20.5 Å². The fraction of sp³-hybridized carbons (Fsp3) is 0. The van der Waals surface area contributed by atoms with Crippen LogP contribution in [0.3, 0.4) is 0 Å². The minimum atomic E-state index is 0.0569. The predicted molar refractivity (Wildman–Crippen MR) is 113 cm³/mol. The van der Waals surface area contributed by atoms with Crippen LogP contribution in [0.25, 0.3) is 0 Å². The van der Waals surface area contributed by atoms with Crippen molar-refractivity contribution in [2.45, 2.75) is 0 Å². The Morgan fingerprint density at radius 1 is 0.719 bits per heavy atom. The zero-order valence-corrected chi connectivity index (χ0v) is 21.4. The van der Waals surface area contributed by atoms with E-state index in [-0.39, 0.29) is 23.4 Å². The topological polar surface area (TPSA) is 190 Å². The van der Waals surface area contributed by atoms with Crippen LogP contribution in [0.15, 0.2) is 78.5 Å². The Bertz CT molecular complexity index is 1080. The van der Waals surface area contributed by atoms with Gasteiger partial charge in [0.05, 0.1) is 0 Å². The monoisotopic (exact) mass is 640 g/mol. The molecule has 0 saturated carbocycles. The van der Waals surface area contributed by atoms with Gasteiger partial charge >= 0.3 is 27.5 Å². The Hall–Kier alpha value is -2.84. The van der Waals surface area contributed by atoms with E-state index in [4.69, 9.17) is 2.81 Å². The van der Waals surface area contributed by atoms with Crippen molar-refractivity contribution < 1.29 is 37.7 Å². The Morgan fingerprint density at radius 3 is 1.47 bits per heavy atom. The number of aromatic nitrogens is 6. The van der Waals surface area contributed by atoms with E-state index in [0.717, 1.165) is 8.95 Å². The summed E-state index contributed by atoms with van der Waals surface area (Å²) < 4.78 is 9.96. The van der Waals surface area contributed by atoms with E-state index in [2.05, 4.69) is 82.7 Å². The van der Waals surface area contributed by atoms with Crippen LogP contribution in [-0.4, -0.2) is 40.6 Å². The molecule has 0 fully saturated rings. The molecule has 0 aliphatic carbocycles. The van der Waals surface area contributed by atoms with Crippen LogP contribution in [0.4, 0.5) is 23.3 Å². The summed E-state index contributed by atoms with van der Waals surface area (Å²) >= 11 is 6.83. The first-order valence-electron chi connectivity index (χ1n) is 8.23. The third-order valence-electron chi connectivity index (χ3n) is 3.18. The van der Waals surface area contributed by atoms with Crippen LogP contribution >= 0.6 is 31.9 Å². The number of rotatable bonds is 4. The molecule has 0 spiro atoms. The van der Waals surface area contributed by atoms with Crippen LogP contribution in [0.1, 0.15) is 0 Å². The number of nitrogens with zero attached hydrogens (tertiary/aromatic N) is 8. The predicted octanol–water partition coefficient (Wildman–Crippen LogP) is 5.26. The van der Waals surface area contributed by atoms with Crippen molar-refractivity contribution in [1.82, 2.24) is 30.4 Å². The van der Waals surface area contributed by atoms with E-state index in [1.54, 1.807) is 24.3 Å². The summed E-state index contributed by atoms with van der Waals surface area (Å²) in [5.41, 5.74) is 0.724. The molecule has 0 radical (unpaired) electrons. The molecule has 0 unspecified atom stereocenters. The summed E-state index contributed by atoms with van der Waals surface area (Å²) in [6.45, 7) is 0. The quantitative estimate of drug-likeness (QED) is 0.218. The summed E-state index contributed by atoms with van der Waals surface area (Å²) in [6.07, 6.45) is 2.66. The number of nitrogens with one attached hydrogen (secondary N) is 2. The first kappa shape index (κ1) is 25.4. The van der Waals surface area contributed by atoms with Gasteiger partial charge < -0.3 is 10.2 Å². The second-order valence-corrected chi connectivity index (χ2v) is 7.12. The molecule has 4 aromatic rings. The summed E-state index contributed by atoms with van der Waals surface area (Å²) in [6, 6.07) is 9.77. The van der Waals surface area contributed by atoms with Gasteiger partial charge in [0.1, 0.15) is 35.5 Å². The zero-order valence-electron chi connectivity index (χ0n) is 15.8. The number of aromatic hydroxyl groups is 2. The van der Waals surface area contributed by atoms with Crippen molar-refractivity contribution >= 4 is 55.1 Å². The van der Waals surface area contributed by atoms with Gasteiger partial charge in [-0.2, -0.15) is 20.2 Å². The SMILES string of the molecule is Oc1ccc(Br)cc1N=Nc1ncn[nH]1.Oc1ccc(Br)cc1N=Nc1ncn[nH]1.[O]=[Zr]. The third-order valence-corrected chi connectivity index (χ3v) is 4.17. The third kappa shape index (κ3) is 8.36. The van der Waals surface area contributed by atoms with E-state index in [0.29, 0.717) is 36.1 Å². The van der Waals surface area contributed by atoms with Crippen molar-refractivity contribution in [3.63, 3.8) is 0 Å². The Labute approximate surface area is 212 Å². The van der Waals surface area contributed by atoms with Crippen LogP contribution in [0.5, 0.6) is 11.5 Å². The average molecular weight is 643 g/mol. The van der Waals surface area contributed by atoms with E-state index in [1.165, 1.54) is 24.8 Å². The maximum atomic E-state index is 9.44. The first-order valence-corrected chi connectivity index (χ1v) is 10.8. The number of azo groups is 2. The Morgan fingerprint density at radius 2 is 1.12 bits per heavy atom. The standard InChI is InChI=1S/2C8H6BrN5O.O.Zr/c2*9-5-1-2-7(15)6(3-5)12-14-8-10-4-11-13-8;;/h2*1-4,15H,(H,10,11,13);;. The van der Waals surface area contributed by atoms with E-state index < -0.39 is 0 Å². The maximum absolute atomic E-state index is 9.44. The molecule has 16 heteroatoms. The summed E-state index contributed by atoms with van der Waals surface area (Å²) in [7, 11) is 0. The van der Waals surface area contributed by atoms with Crippen molar-refractivity contribution in [2.75, 3.05) is 0 Å². The Balaban J connectivity index is 0.000000211. The van der Waals surface area contributed by atoms with Gasteiger partial charge in [0.25, 0.3) is 11.9 Å². The first-order chi connectivity index (χ1) is 15.5. The van der Waals surface area contributed by atoms with Gasteiger partial charge in [0, 0.05) is 8.95 Å². The molecule has 0 bridgehead atoms. The summed E-state index contributed by atoms with van der Waals surface area (Å²) in [5, 5.41) is 46.3. The number of halogens is 2. The second kappa shape index (κ2) is 13.5. The molecule has 0 aliphatic rings. The fourth-order valence-electron chi connectivity index (χ4n) is 1.85. The molecular weight excluding hydrogens is 631 g/mol. The van der Waals surface area contributed by atoms with Gasteiger partial charge in [-0.1, -0.05) is 31.9 Å². The van der Waals surface area contributed by atoms with Crippen LogP contribution in [0.2, 0.25) is 0 Å². The number of phenolic OH excluding ortho intramolecular Hbond substituents is 2. The molecule has 0 amide bonds. The number of H-pyrrole nitrogens is 2. The number of hydrogen-bond acceptors (Lipinski definition) is 11. The van der Waals surface area contributed by atoms with E-state index in [1.807, 2.05) is 0 Å². The van der Waals surface area contributed by atoms with Crippen LogP contribution in [-0.2, 0) is 27.5 Å². The van der Waals surface area contributed by atoms with E-state index in [9.17, 15) is 10.2 Å². The molecule has 2 aromatic heterocycles. The molecule has 0 saturated heterocycles.